The van der Waals surface area contributed by atoms with Gasteiger partial charge in [-0.05, 0) is 39.9 Å². The number of nitrogens with one attached hydrogen (secondary N) is 2. The molecule has 2 rings (SSSR count). The van der Waals surface area contributed by atoms with E-state index in [0.717, 1.165) is 28.0 Å². The highest BCUT2D eigenvalue weighted by molar-refractivity contribution is 9.10. The molecule has 1 saturated heterocycles. The molecule has 0 aliphatic carbocycles. The molecule has 1 amide bonds. The van der Waals surface area contributed by atoms with Gasteiger partial charge < -0.3 is 10.6 Å². The minimum atomic E-state index is 0.0387. The molecule has 0 spiro atoms. The fraction of sp³-hybridized carbons (Fsp3) is 0.364. The molecule has 0 bridgehead atoms. The van der Waals surface area contributed by atoms with E-state index in [2.05, 4.69) is 26.6 Å². The Labute approximate surface area is 107 Å². The first-order valence-corrected chi connectivity index (χ1v) is 6.75. The fourth-order valence-corrected chi connectivity index (χ4v) is 2.85. The molecule has 0 saturated carbocycles. The molecule has 5 heteroatoms. The van der Waals surface area contributed by atoms with Crippen LogP contribution in [0.1, 0.15) is 11.8 Å². The van der Waals surface area contributed by atoms with E-state index in [0.29, 0.717) is 6.54 Å². The molecule has 0 atom stereocenters. The molecule has 0 radical (unpaired) electrons. The Morgan fingerprint density at radius 1 is 1.62 bits per heavy atom. The Bertz CT molecular complexity index is 433. The second kappa shape index (κ2) is 5.12. The van der Waals surface area contributed by atoms with E-state index in [9.17, 15) is 4.79 Å². The lowest BCUT2D eigenvalue weighted by molar-refractivity contribution is -0.117. The number of carbonyl (C=O) groups excluding carboxylic acids is 1. The lowest BCUT2D eigenvalue weighted by atomic mass is 10.0. The quantitative estimate of drug-likeness (QED) is 0.839. The highest BCUT2D eigenvalue weighted by Gasteiger charge is 2.15. The van der Waals surface area contributed by atoms with Gasteiger partial charge in [-0.15, -0.1) is 11.3 Å². The van der Waals surface area contributed by atoms with Gasteiger partial charge in [-0.2, -0.15) is 0 Å². The van der Waals surface area contributed by atoms with Gasteiger partial charge in [-0.3, -0.25) is 4.79 Å². The maximum absolute atomic E-state index is 11.8. The van der Waals surface area contributed by atoms with Crippen molar-refractivity contribution in [2.45, 2.75) is 13.5 Å². The zero-order chi connectivity index (χ0) is 11.5. The highest BCUT2D eigenvalue weighted by atomic mass is 79.9. The largest absolute Gasteiger partial charge is 0.347 e. The van der Waals surface area contributed by atoms with E-state index in [1.165, 1.54) is 5.57 Å². The molecule has 2 heterocycles. The molecule has 16 heavy (non-hydrogen) atoms. The molecule has 1 aliphatic heterocycles. The maximum atomic E-state index is 11.8. The fourth-order valence-electron chi connectivity index (χ4n) is 1.42. The zero-order valence-corrected chi connectivity index (χ0v) is 11.4. The molecule has 1 aliphatic rings. The SMILES string of the molecule is CC(C(=O)NCc1sccc1Br)=C1CNC1. The first-order chi connectivity index (χ1) is 7.68. The van der Waals surface area contributed by atoms with Crippen LogP contribution in [0.3, 0.4) is 0 Å². The normalized spacial score (nSPS) is 14.5. The van der Waals surface area contributed by atoms with Crippen molar-refractivity contribution in [2.75, 3.05) is 13.1 Å². The van der Waals surface area contributed by atoms with Crippen LogP contribution in [0, 0.1) is 0 Å². The number of hydrogen-bond acceptors (Lipinski definition) is 3. The second-order valence-corrected chi connectivity index (χ2v) is 5.56. The van der Waals surface area contributed by atoms with E-state index >= 15 is 0 Å². The lowest BCUT2D eigenvalue weighted by Crippen LogP contribution is -2.37. The van der Waals surface area contributed by atoms with E-state index in [-0.39, 0.29) is 5.91 Å². The highest BCUT2D eigenvalue weighted by Crippen LogP contribution is 2.22. The summed E-state index contributed by atoms with van der Waals surface area (Å²) < 4.78 is 1.06. The molecular weight excluding hydrogens is 288 g/mol. The Hall–Kier alpha value is -0.650. The van der Waals surface area contributed by atoms with Gasteiger partial charge in [0, 0.05) is 28.0 Å². The van der Waals surface area contributed by atoms with Crippen molar-refractivity contribution < 1.29 is 4.79 Å². The third-order valence-electron chi connectivity index (χ3n) is 2.65. The monoisotopic (exact) mass is 300 g/mol. The van der Waals surface area contributed by atoms with Crippen LogP contribution in [0.2, 0.25) is 0 Å². The topological polar surface area (TPSA) is 41.1 Å². The maximum Gasteiger partial charge on any atom is 0.247 e. The predicted octanol–water partition coefficient (Wildman–Crippen LogP) is 2.05. The van der Waals surface area contributed by atoms with Crippen LogP contribution in [-0.4, -0.2) is 19.0 Å². The third kappa shape index (κ3) is 2.53. The third-order valence-corrected chi connectivity index (χ3v) is 4.57. The van der Waals surface area contributed by atoms with Crippen molar-refractivity contribution in [1.82, 2.24) is 10.6 Å². The molecule has 1 fully saturated rings. The molecule has 1 aromatic rings. The summed E-state index contributed by atoms with van der Waals surface area (Å²) in [5, 5.41) is 8.07. The minimum Gasteiger partial charge on any atom is -0.347 e. The number of carbonyl (C=O) groups is 1. The van der Waals surface area contributed by atoms with Crippen LogP contribution in [0.25, 0.3) is 0 Å². The smallest absolute Gasteiger partial charge is 0.247 e. The Balaban J connectivity index is 1.91. The van der Waals surface area contributed by atoms with Crippen molar-refractivity contribution in [3.8, 4) is 0 Å². The number of amides is 1. The van der Waals surface area contributed by atoms with Gasteiger partial charge in [-0.25, -0.2) is 0 Å². The molecule has 0 unspecified atom stereocenters. The summed E-state index contributed by atoms with van der Waals surface area (Å²) in [5.41, 5.74) is 2.06. The Morgan fingerprint density at radius 3 is 2.88 bits per heavy atom. The molecular formula is C11H13BrN2OS. The standard InChI is InChI=1S/C11H13BrN2OS/c1-7(8-4-13-5-8)11(15)14-6-10-9(12)2-3-16-10/h2-3,13H,4-6H2,1H3,(H,14,15). The summed E-state index contributed by atoms with van der Waals surface area (Å²) in [6, 6.07) is 1.99. The average molecular weight is 301 g/mol. The van der Waals surface area contributed by atoms with E-state index in [1.807, 2.05) is 18.4 Å². The summed E-state index contributed by atoms with van der Waals surface area (Å²) in [4.78, 5) is 12.9. The Morgan fingerprint density at radius 2 is 2.38 bits per heavy atom. The van der Waals surface area contributed by atoms with Crippen LogP contribution in [0.4, 0.5) is 0 Å². The van der Waals surface area contributed by atoms with Crippen molar-refractivity contribution in [2.24, 2.45) is 0 Å². The van der Waals surface area contributed by atoms with E-state index in [4.69, 9.17) is 0 Å². The van der Waals surface area contributed by atoms with Gasteiger partial charge in [0.2, 0.25) is 5.91 Å². The van der Waals surface area contributed by atoms with E-state index < -0.39 is 0 Å². The molecule has 3 nitrogen and oxygen atoms in total. The zero-order valence-electron chi connectivity index (χ0n) is 8.97. The van der Waals surface area contributed by atoms with Crippen molar-refractivity contribution in [3.63, 3.8) is 0 Å². The summed E-state index contributed by atoms with van der Waals surface area (Å²) in [6.45, 7) is 4.17. The number of hydrogen-bond donors (Lipinski definition) is 2. The van der Waals surface area contributed by atoms with Gasteiger partial charge in [0.15, 0.2) is 0 Å². The Kier molecular flexibility index (Phi) is 3.78. The number of halogens is 1. The minimum absolute atomic E-state index is 0.0387. The van der Waals surface area contributed by atoms with Gasteiger partial charge in [0.1, 0.15) is 0 Å². The second-order valence-electron chi connectivity index (χ2n) is 3.71. The van der Waals surface area contributed by atoms with Crippen LogP contribution in [0.15, 0.2) is 27.1 Å². The van der Waals surface area contributed by atoms with E-state index in [1.54, 1.807) is 11.3 Å². The van der Waals surface area contributed by atoms with Crippen molar-refractivity contribution in [3.05, 3.63) is 31.9 Å². The van der Waals surface area contributed by atoms with Gasteiger partial charge in [0.25, 0.3) is 0 Å². The van der Waals surface area contributed by atoms with Crippen molar-refractivity contribution >= 4 is 33.2 Å². The summed E-state index contributed by atoms with van der Waals surface area (Å²) in [7, 11) is 0. The van der Waals surface area contributed by atoms with Gasteiger partial charge in [-0.1, -0.05) is 0 Å². The first kappa shape index (κ1) is 11.8. The molecule has 1 aromatic heterocycles. The summed E-state index contributed by atoms with van der Waals surface area (Å²) >= 11 is 5.09. The van der Waals surface area contributed by atoms with Crippen LogP contribution < -0.4 is 10.6 Å². The van der Waals surface area contributed by atoms with Gasteiger partial charge >= 0.3 is 0 Å². The number of thiophene rings is 1. The first-order valence-electron chi connectivity index (χ1n) is 5.08. The van der Waals surface area contributed by atoms with Gasteiger partial charge in [0.05, 0.1) is 6.54 Å². The lowest BCUT2D eigenvalue weighted by Gasteiger charge is -2.21. The summed E-state index contributed by atoms with van der Waals surface area (Å²) in [5.74, 6) is 0.0387. The average Bonchev–Trinajstić information content (AvgIpc) is 2.57. The number of rotatable bonds is 3. The summed E-state index contributed by atoms with van der Waals surface area (Å²) in [6.07, 6.45) is 0. The molecule has 0 aromatic carbocycles. The van der Waals surface area contributed by atoms with Crippen molar-refractivity contribution in [1.29, 1.82) is 0 Å². The molecule has 2 N–H and O–H groups in total. The molecule has 86 valence electrons. The predicted molar refractivity (Wildman–Crippen MR) is 69.4 cm³/mol. The van der Waals surface area contributed by atoms with Crippen LogP contribution in [0.5, 0.6) is 0 Å². The van der Waals surface area contributed by atoms with Crippen LogP contribution in [-0.2, 0) is 11.3 Å². The van der Waals surface area contributed by atoms with Crippen LogP contribution >= 0.6 is 27.3 Å².